The Bertz CT molecular complexity index is 771. The predicted molar refractivity (Wildman–Crippen MR) is 75.3 cm³/mol. The van der Waals surface area contributed by atoms with Crippen molar-refractivity contribution in [2.45, 2.75) is 25.4 Å². The van der Waals surface area contributed by atoms with Crippen molar-refractivity contribution < 1.29 is 9.53 Å². The molecule has 0 radical (unpaired) electrons. The maximum Gasteiger partial charge on any atom is 0.271 e. The van der Waals surface area contributed by atoms with Gasteiger partial charge in [-0.05, 0) is 13.0 Å². The van der Waals surface area contributed by atoms with Gasteiger partial charge in [-0.2, -0.15) is 0 Å². The molecule has 0 atom stereocenters. The van der Waals surface area contributed by atoms with Crippen LogP contribution in [-0.2, 0) is 4.79 Å². The molecule has 1 spiro atoms. The average molecular weight is 290 g/mol. The van der Waals surface area contributed by atoms with Crippen molar-refractivity contribution in [3.63, 3.8) is 0 Å². The lowest BCUT2D eigenvalue weighted by Crippen LogP contribution is -2.45. The van der Waals surface area contributed by atoms with E-state index in [-0.39, 0.29) is 5.91 Å². The Balaban J connectivity index is 1.98. The Hall–Kier alpha value is -1.88. The van der Waals surface area contributed by atoms with Crippen molar-refractivity contribution in [1.82, 2.24) is 9.97 Å². The fourth-order valence-corrected chi connectivity index (χ4v) is 2.93. The monoisotopic (exact) mass is 289 g/mol. The van der Waals surface area contributed by atoms with Crippen molar-refractivity contribution >= 4 is 34.1 Å². The van der Waals surface area contributed by atoms with E-state index in [0.29, 0.717) is 16.7 Å². The lowest BCUT2D eigenvalue weighted by Gasteiger charge is -2.32. The molecule has 2 heterocycles. The second kappa shape index (κ2) is 3.61. The molecule has 1 aliphatic carbocycles. The average Bonchev–Trinajstić information content (AvgIpc) is 3.15. The van der Waals surface area contributed by atoms with Crippen molar-refractivity contribution in [3.05, 3.63) is 23.1 Å². The molecule has 2 aromatic rings. The number of hydrogen-bond acceptors (Lipinski definition) is 4. The number of aromatic nitrogens is 2. The first-order chi connectivity index (χ1) is 9.50. The number of ether oxygens (including phenoxy) is 1. The third-order valence-electron chi connectivity index (χ3n) is 3.91. The quantitative estimate of drug-likeness (QED) is 0.699. The van der Waals surface area contributed by atoms with Crippen LogP contribution in [0.1, 0.15) is 18.7 Å². The second-order valence-electron chi connectivity index (χ2n) is 5.36. The van der Waals surface area contributed by atoms with Crippen LogP contribution in [0.15, 0.2) is 12.1 Å². The molecular formula is C14H12ClN3O2. The van der Waals surface area contributed by atoms with Gasteiger partial charge in [0.1, 0.15) is 16.7 Å². The summed E-state index contributed by atoms with van der Waals surface area (Å²) in [5, 5.41) is 1.12. The predicted octanol–water partition coefficient (Wildman–Crippen LogP) is 2.48. The zero-order valence-electron chi connectivity index (χ0n) is 11.1. The van der Waals surface area contributed by atoms with Crippen LogP contribution in [-0.4, -0.2) is 28.5 Å². The van der Waals surface area contributed by atoms with Gasteiger partial charge < -0.3 is 9.64 Å². The van der Waals surface area contributed by atoms with E-state index in [9.17, 15) is 4.79 Å². The van der Waals surface area contributed by atoms with Crippen LogP contribution in [0, 0.1) is 6.92 Å². The lowest BCUT2D eigenvalue weighted by molar-refractivity contribution is -0.127. The van der Waals surface area contributed by atoms with Gasteiger partial charge in [-0.15, -0.1) is 0 Å². The molecule has 0 unspecified atom stereocenters. The van der Waals surface area contributed by atoms with Gasteiger partial charge in [0.05, 0.1) is 11.2 Å². The lowest BCUT2D eigenvalue weighted by atomic mass is 10.1. The van der Waals surface area contributed by atoms with E-state index in [0.717, 1.165) is 29.4 Å². The van der Waals surface area contributed by atoms with Gasteiger partial charge in [0.25, 0.3) is 5.91 Å². The van der Waals surface area contributed by atoms with E-state index in [1.165, 1.54) is 0 Å². The van der Waals surface area contributed by atoms with Gasteiger partial charge in [-0.25, -0.2) is 9.97 Å². The number of rotatable bonds is 0. The van der Waals surface area contributed by atoms with Crippen LogP contribution >= 0.6 is 11.6 Å². The molecular weight excluding hydrogens is 278 g/mol. The first kappa shape index (κ1) is 11.9. The number of hydrogen-bond donors (Lipinski definition) is 0. The fourth-order valence-electron chi connectivity index (χ4n) is 2.66. The van der Waals surface area contributed by atoms with Crippen LogP contribution in [0.4, 0.5) is 5.69 Å². The van der Waals surface area contributed by atoms with Crippen molar-refractivity contribution in [3.8, 4) is 5.75 Å². The van der Waals surface area contributed by atoms with E-state index in [4.69, 9.17) is 16.3 Å². The molecule has 2 aliphatic rings. The minimum Gasteiger partial charge on any atom is -0.475 e. The molecule has 1 aromatic heterocycles. The number of fused-ring (bicyclic) bond motifs is 2. The van der Waals surface area contributed by atoms with E-state index < -0.39 is 5.60 Å². The van der Waals surface area contributed by atoms with Crippen LogP contribution in [0.25, 0.3) is 10.9 Å². The first-order valence-corrected chi connectivity index (χ1v) is 6.83. The van der Waals surface area contributed by atoms with Crippen LogP contribution in [0.5, 0.6) is 5.75 Å². The summed E-state index contributed by atoms with van der Waals surface area (Å²) in [7, 11) is 1.76. The number of benzene rings is 1. The summed E-state index contributed by atoms with van der Waals surface area (Å²) in [6.45, 7) is 1.80. The standard InChI is InChI=1S/C14H12ClN3O2/c1-7-16-9-6-11-10(5-8(9)12(15)17-7)18(2)13(19)14(20-11)3-4-14/h5-6H,3-4H2,1-2H3. The first-order valence-electron chi connectivity index (χ1n) is 6.45. The number of anilines is 1. The number of amides is 1. The molecule has 1 aromatic carbocycles. The molecule has 1 aliphatic heterocycles. The third-order valence-corrected chi connectivity index (χ3v) is 4.20. The number of likely N-dealkylation sites (N-methyl/N-ethyl adjacent to an activating group) is 1. The van der Waals surface area contributed by atoms with Gasteiger partial charge in [0, 0.05) is 31.3 Å². The van der Waals surface area contributed by atoms with Crippen LogP contribution in [0.2, 0.25) is 5.15 Å². The Kier molecular flexibility index (Phi) is 2.15. The summed E-state index contributed by atoms with van der Waals surface area (Å²) in [6.07, 6.45) is 1.55. The van der Waals surface area contributed by atoms with Crippen molar-refractivity contribution in [2.24, 2.45) is 0 Å². The summed E-state index contributed by atoms with van der Waals surface area (Å²) in [6, 6.07) is 3.66. The molecule has 1 amide bonds. The van der Waals surface area contributed by atoms with E-state index >= 15 is 0 Å². The highest BCUT2D eigenvalue weighted by molar-refractivity contribution is 6.34. The Labute approximate surface area is 120 Å². The van der Waals surface area contributed by atoms with Crippen molar-refractivity contribution in [1.29, 1.82) is 0 Å². The number of carbonyl (C=O) groups is 1. The highest BCUT2D eigenvalue weighted by atomic mass is 35.5. The van der Waals surface area contributed by atoms with E-state index in [1.807, 2.05) is 12.1 Å². The summed E-state index contributed by atoms with van der Waals surface area (Å²) < 4.78 is 5.91. The smallest absolute Gasteiger partial charge is 0.271 e. The largest absolute Gasteiger partial charge is 0.475 e. The molecule has 102 valence electrons. The molecule has 1 fully saturated rings. The molecule has 5 nitrogen and oxygen atoms in total. The third kappa shape index (κ3) is 1.47. The Morgan fingerprint density at radius 2 is 2.10 bits per heavy atom. The summed E-state index contributed by atoms with van der Waals surface area (Å²) in [5.74, 6) is 1.31. The van der Waals surface area contributed by atoms with Gasteiger partial charge >= 0.3 is 0 Å². The van der Waals surface area contributed by atoms with Crippen LogP contribution < -0.4 is 9.64 Å². The summed E-state index contributed by atoms with van der Waals surface area (Å²) in [4.78, 5) is 22.4. The molecule has 0 saturated heterocycles. The fraction of sp³-hybridized carbons (Fsp3) is 0.357. The van der Waals surface area contributed by atoms with Crippen LogP contribution in [0.3, 0.4) is 0 Å². The topological polar surface area (TPSA) is 55.3 Å². The number of nitrogens with zero attached hydrogens (tertiary/aromatic N) is 3. The Morgan fingerprint density at radius 3 is 2.80 bits per heavy atom. The van der Waals surface area contributed by atoms with E-state index in [1.54, 1.807) is 18.9 Å². The van der Waals surface area contributed by atoms with E-state index in [2.05, 4.69) is 9.97 Å². The minimum atomic E-state index is -0.638. The molecule has 1 saturated carbocycles. The molecule has 6 heteroatoms. The molecule has 4 rings (SSSR count). The summed E-state index contributed by atoms with van der Waals surface area (Å²) in [5.41, 5.74) is 0.815. The minimum absolute atomic E-state index is 0.00787. The second-order valence-corrected chi connectivity index (χ2v) is 5.72. The molecule has 20 heavy (non-hydrogen) atoms. The molecule has 0 bridgehead atoms. The maximum absolute atomic E-state index is 12.3. The van der Waals surface area contributed by atoms with Gasteiger partial charge in [-0.3, -0.25) is 4.79 Å². The maximum atomic E-state index is 12.3. The Morgan fingerprint density at radius 1 is 1.35 bits per heavy atom. The van der Waals surface area contributed by atoms with Gasteiger partial charge in [0.15, 0.2) is 5.60 Å². The SMILES string of the molecule is Cc1nc(Cl)c2cc3c(cc2n1)OC1(CC1)C(=O)N3C. The molecule has 0 N–H and O–H groups in total. The van der Waals surface area contributed by atoms with Crippen molar-refractivity contribution in [2.75, 3.05) is 11.9 Å². The normalized spacial score (nSPS) is 19.1. The highest BCUT2D eigenvalue weighted by Crippen LogP contribution is 2.49. The zero-order chi connectivity index (χ0) is 14.1. The number of carbonyl (C=O) groups excluding carboxylic acids is 1. The number of aryl methyl sites for hydroxylation is 1. The van der Waals surface area contributed by atoms with Gasteiger partial charge in [-0.1, -0.05) is 11.6 Å². The zero-order valence-corrected chi connectivity index (χ0v) is 11.9. The highest BCUT2D eigenvalue weighted by Gasteiger charge is 2.57. The number of halogens is 1. The van der Waals surface area contributed by atoms with Gasteiger partial charge in [0.2, 0.25) is 0 Å². The summed E-state index contributed by atoms with van der Waals surface area (Å²) >= 11 is 6.16.